The molecule has 0 saturated carbocycles. The zero-order chi connectivity index (χ0) is 9.10. The molecule has 0 aliphatic carbocycles. The normalized spacial score (nSPS) is 18.8. The Balaban J connectivity index is 2.18. The number of halogens is 1. The highest BCUT2D eigenvalue weighted by Gasteiger charge is 2.20. The van der Waals surface area contributed by atoms with Gasteiger partial charge in [-0.15, -0.1) is 23.5 Å². The molecule has 2 nitrogen and oxygen atoms in total. The summed E-state index contributed by atoms with van der Waals surface area (Å²) in [5.41, 5.74) is 0.930. The van der Waals surface area contributed by atoms with E-state index in [1.807, 2.05) is 23.5 Å². The quantitative estimate of drug-likeness (QED) is 0.744. The molecule has 0 N–H and O–H groups in total. The van der Waals surface area contributed by atoms with Crippen LogP contribution in [0, 0.1) is 0 Å². The molecule has 0 bridgehead atoms. The first-order valence-electron chi connectivity index (χ1n) is 4.07. The predicted molar refractivity (Wildman–Crippen MR) is 59.3 cm³/mol. The zero-order valence-electron chi connectivity index (χ0n) is 6.94. The van der Waals surface area contributed by atoms with E-state index in [0.717, 1.165) is 5.69 Å². The Morgan fingerprint density at radius 3 is 2.62 bits per heavy atom. The van der Waals surface area contributed by atoms with E-state index in [2.05, 4.69) is 9.97 Å². The number of aromatic nitrogens is 2. The second-order valence-corrected chi connectivity index (χ2v) is 5.74. The van der Waals surface area contributed by atoms with Crippen LogP contribution >= 0.6 is 35.1 Å². The number of hydrogen-bond donors (Lipinski definition) is 0. The average Bonchev–Trinajstić information content (AvgIpc) is 2.20. The molecule has 0 spiro atoms. The van der Waals surface area contributed by atoms with Crippen molar-refractivity contribution in [2.24, 2.45) is 0 Å². The number of thioether (sulfide) groups is 2. The summed E-state index contributed by atoms with van der Waals surface area (Å²) in [7, 11) is 0. The van der Waals surface area contributed by atoms with Gasteiger partial charge in [0.05, 0.1) is 4.58 Å². The maximum Gasteiger partial charge on any atom is 0.152 e. The van der Waals surface area contributed by atoms with Crippen molar-refractivity contribution in [3.8, 4) is 0 Å². The summed E-state index contributed by atoms with van der Waals surface area (Å²) in [4.78, 5) is 8.30. The fraction of sp³-hybridized carbons (Fsp3) is 0.500. The highest BCUT2D eigenvalue weighted by Crippen LogP contribution is 2.44. The molecule has 0 unspecified atom stereocenters. The Labute approximate surface area is 90.9 Å². The van der Waals surface area contributed by atoms with Crippen molar-refractivity contribution in [2.75, 3.05) is 11.5 Å². The lowest BCUT2D eigenvalue weighted by atomic mass is 10.5. The van der Waals surface area contributed by atoms with E-state index in [4.69, 9.17) is 11.6 Å². The van der Waals surface area contributed by atoms with E-state index < -0.39 is 0 Å². The largest absolute Gasteiger partial charge is 0.254 e. The Kier molecular flexibility index (Phi) is 3.35. The van der Waals surface area contributed by atoms with Gasteiger partial charge in [-0.3, -0.25) is 4.98 Å². The van der Waals surface area contributed by atoms with Gasteiger partial charge < -0.3 is 0 Å². The standard InChI is InChI=1S/C8H9ClN2S2/c9-7-6(10-2-3-11-7)8-12-4-1-5-13-8/h2-3,8H,1,4-5H2. The van der Waals surface area contributed by atoms with Crippen LogP contribution in [0.15, 0.2) is 12.4 Å². The van der Waals surface area contributed by atoms with Gasteiger partial charge in [-0.05, 0) is 17.9 Å². The highest BCUT2D eigenvalue weighted by atomic mass is 35.5. The van der Waals surface area contributed by atoms with Crippen LogP contribution in [-0.2, 0) is 0 Å². The second-order valence-electron chi connectivity index (χ2n) is 2.66. The Morgan fingerprint density at radius 2 is 1.92 bits per heavy atom. The molecule has 1 saturated heterocycles. The van der Waals surface area contributed by atoms with Crippen LogP contribution in [-0.4, -0.2) is 21.5 Å². The third kappa shape index (κ3) is 2.30. The van der Waals surface area contributed by atoms with Gasteiger partial charge in [0, 0.05) is 12.4 Å². The molecule has 70 valence electrons. The van der Waals surface area contributed by atoms with E-state index in [1.54, 1.807) is 12.4 Å². The number of rotatable bonds is 1. The Hall–Kier alpha value is 0.0700. The lowest BCUT2D eigenvalue weighted by molar-refractivity contribution is 1.05. The van der Waals surface area contributed by atoms with Crippen molar-refractivity contribution >= 4 is 35.1 Å². The van der Waals surface area contributed by atoms with Crippen molar-refractivity contribution < 1.29 is 0 Å². The molecule has 2 heterocycles. The first kappa shape index (κ1) is 9.62. The maximum atomic E-state index is 5.96. The van der Waals surface area contributed by atoms with E-state index in [9.17, 15) is 0 Å². The minimum atomic E-state index is 0.384. The molecule has 0 aromatic carbocycles. The smallest absolute Gasteiger partial charge is 0.152 e. The molecule has 5 heteroatoms. The molecular weight excluding hydrogens is 224 g/mol. The number of hydrogen-bond acceptors (Lipinski definition) is 4. The molecule has 1 aliphatic heterocycles. The number of nitrogens with zero attached hydrogens (tertiary/aromatic N) is 2. The maximum absolute atomic E-state index is 5.96. The summed E-state index contributed by atoms with van der Waals surface area (Å²) in [6, 6.07) is 0. The lowest BCUT2D eigenvalue weighted by Gasteiger charge is -2.20. The lowest BCUT2D eigenvalue weighted by Crippen LogP contribution is -2.03. The Morgan fingerprint density at radius 1 is 1.23 bits per heavy atom. The molecule has 1 aromatic heterocycles. The van der Waals surface area contributed by atoms with Gasteiger partial charge in [0.15, 0.2) is 5.15 Å². The summed E-state index contributed by atoms with van der Waals surface area (Å²) < 4.78 is 0.384. The van der Waals surface area contributed by atoms with Crippen LogP contribution in [0.4, 0.5) is 0 Å². The van der Waals surface area contributed by atoms with Gasteiger partial charge in [-0.1, -0.05) is 11.6 Å². The predicted octanol–water partition coefficient (Wildman–Crippen LogP) is 3.00. The highest BCUT2D eigenvalue weighted by molar-refractivity contribution is 8.16. The Bertz CT molecular complexity index is 289. The van der Waals surface area contributed by atoms with Gasteiger partial charge in [0.1, 0.15) is 5.69 Å². The zero-order valence-corrected chi connectivity index (χ0v) is 9.33. The minimum absolute atomic E-state index is 0.384. The van der Waals surface area contributed by atoms with Crippen molar-refractivity contribution in [1.29, 1.82) is 0 Å². The SMILES string of the molecule is Clc1nccnc1C1SCCCS1. The second kappa shape index (κ2) is 4.53. The van der Waals surface area contributed by atoms with Crippen molar-refractivity contribution in [1.82, 2.24) is 9.97 Å². The molecule has 0 atom stereocenters. The molecule has 13 heavy (non-hydrogen) atoms. The molecule has 1 aliphatic rings. The summed E-state index contributed by atoms with van der Waals surface area (Å²) in [5.74, 6) is 2.40. The molecular formula is C8H9ClN2S2. The molecule has 1 aromatic rings. The van der Waals surface area contributed by atoms with Crippen LogP contribution in [0.2, 0.25) is 5.15 Å². The van der Waals surface area contributed by atoms with Gasteiger partial charge in [0.25, 0.3) is 0 Å². The monoisotopic (exact) mass is 232 g/mol. The van der Waals surface area contributed by atoms with Crippen LogP contribution < -0.4 is 0 Å². The third-order valence-electron chi connectivity index (χ3n) is 1.73. The molecule has 0 radical (unpaired) electrons. The third-order valence-corrected chi connectivity index (χ3v) is 4.94. The van der Waals surface area contributed by atoms with E-state index in [-0.39, 0.29) is 0 Å². The van der Waals surface area contributed by atoms with Crippen molar-refractivity contribution in [3.63, 3.8) is 0 Å². The fourth-order valence-electron chi connectivity index (χ4n) is 1.14. The summed E-state index contributed by atoms with van der Waals surface area (Å²) in [6.07, 6.45) is 4.62. The van der Waals surface area contributed by atoms with E-state index >= 15 is 0 Å². The van der Waals surface area contributed by atoms with Gasteiger partial charge in [0.2, 0.25) is 0 Å². The molecule has 1 fully saturated rings. The molecule has 2 rings (SSSR count). The van der Waals surface area contributed by atoms with E-state index in [1.165, 1.54) is 17.9 Å². The summed E-state index contributed by atoms with van der Waals surface area (Å²) >= 11 is 9.77. The van der Waals surface area contributed by atoms with Crippen LogP contribution in [0.1, 0.15) is 16.7 Å². The van der Waals surface area contributed by atoms with Crippen LogP contribution in [0.25, 0.3) is 0 Å². The first-order valence-corrected chi connectivity index (χ1v) is 6.55. The van der Waals surface area contributed by atoms with Gasteiger partial charge >= 0.3 is 0 Å². The summed E-state index contributed by atoms with van der Waals surface area (Å²) in [5, 5.41) is 0.550. The summed E-state index contributed by atoms with van der Waals surface area (Å²) in [6.45, 7) is 0. The van der Waals surface area contributed by atoms with E-state index in [0.29, 0.717) is 9.74 Å². The van der Waals surface area contributed by atoms with Gasteiger partial charge in [-0.25, -0.2) is 4.98 Å². The van der Waals surface area contributed by atoms with Crippen LogP contribution in [0.5, 0.6) is 0 Å². The minimum Gasteiger partial charge on any atom is -0.254 e. The van der Waals surface area contributed by atoms with Crippen molar-refractivity contribution in [3.05, 3.63) is 23.2 Å². The first-order chi connectivity index (χ1) is 6.38. The van der Waals surface area contributed by atoms with Gasteiger partial charge in [-0.2, -0.15) is 0 Å². The van der Waals surface area contributed by atoms with Crippen LogP contribution in [0.3, 0.4) is 0 Å². The fourth-order valence-corrected chi connectivity index (χ4v) is 4.34. The molecule has 0 amide bonds. The topological polar surface area (TPSA) is 25.8 Å². The average molecular weight is 233 g/mol. The van der Waals surface area contributed by atoms with Crippen molar-refractivity contribution in [2.45, 2.75) is 11.0 Å².